The highest BCUT2D eigenvalue weighted by Crippen LogP contribution is 2.34. The molecular weight excluding hydrogens is 464 g/mol. The van der Waals surface area contributed by atoms with E-state index in [0.717, 1.165) is 30.2 Å². The van der Waals surface area contributed by atoms with Crippen LogP contribution < -0.4 is 10.5 Å². The lowest BCUT2D eigenvalue weighted by Crippen LogP contribution is -2.36. The van der Waals surface area contributed by atoms with Crippen LogP contribution in [0.5, 0.6) is 0 Å². The molecule has 0 bridgehead atoms. The molecule has 0 N–H and O–H groups in total. The number of hydrogen-bond donors (Lipinski definition) is 0. The summed E-state index contributed by atoms with van der Waals surface area (Å²) in [6, 6.07) is 3.79. The number of carbonyl (C=O) groups excluding carboxylic acids is 1. The van der Waals surface area contributed by atoms with E-state index in [0.29, 0.717) is 52.4 Å². The van der Waals surface area contributed by atoms with Crippen LogP contribution in [0.25, 0.3) is 11.7 Å². The van der Waals surface area contributed by atoms with E-state index in [4.69, 9.17) is 21.9 Å². The number of amides is 1. The first-order valence-corrected chi connectivity index (χ1v) is 13.1. The summed E-state index contributed by atoms with van der Waals surface area (Å²) in [7, 11) is 0. The molecule has 2 aromatic rings. The van der Waals surface area contributed by atoms with Crippen molar-refractivity contribution in [3.63, 3.8) is 0 Å². The second kappa shape index (κ2) is 10.4. The Labute approximate surface area is 201 Å². The number of carbonyl (C=O) groups is 1. The molecule has 2 aliphatic rings. The number of thioether (sulfide) groups is 2. The number of aromatic nitrogens is 2. The maximum Gasteiger partial charge on any atom is 0.267 e. The van der Waals surface area contributed by atoms with Crippen LogP contribution in [-0.2, 0) is 9.53 Å². The van der Waals surface area contributed by atoms with Crippen LogP contribution in [0.1, 0.15) is 24.5 Å². The molecule has 0 spiro atoms. The lowest BCUT2D eigenvalue weighted by molar-refractivity contribution is -0.122. The summed E-state index contributed by atoms with van der Waals surface area (Å²) in [6.45, 7) is 7.26. The summed E-state index contributed by atoms with van der Waals surface area (Å²) in [5.74, 6) is 2.45. The van der Waals surface area contributed by atoms with E-state index < -0.39 is 0 Å². The predicted molar refractivity (Wildman–Crippen MR) is 137 cm³/mol. The minimum atomic E-state index is -0.173. The Morgan fingerprint density at radius 3 is 2.81 bits per heavy atom. The molecule has 0 atom stereocenters. The molecule has 2 aliphatic heterocycles. The molecule has 1 amide bonds. The van der Waals surface area contributed by atoms with Crippen molar-refractivity contribution in [2.75, 3.05) is 49.3 Å². The first kappa shape index (κ1) is 23.3. The summed E-state index contributed by atoms with van der Waals surface area (Å²) in [5.41, 5.74) is 1.85. The molecule has 2 saturated heterocycles. The molecular formula is C22H26N4O3S3. The molecule has 4 rings (SSSR count). The Bertz CT molecular complexity index is 1130. The van der Waals surface area contributed by atoms with Gasteiger partial charge in [-0.05, 0) is 38.0 Å². The number of hydrogen-bond acceptors (Lipinski definition) is 8. The molecule has 10 heteroatoms. The van der Waals surface area contributed by atoms with Gasteiger partial charge in [-0.1, -0.05) is 30.0 Å². The van der Waals surface area contributed by atoms with Crippen molar-refractivity contribution in [1.82, 2.24) is 14.3 Å². The highest BCUT2D eigenvalue weighted by molar-refractivity contribution is 8.26. The van der Waals surface area contributed by atoms with Gasteiger partial charge in [0.1, 0.15) is 15.8 Å². The van der Waals surface area contributed by atoms with Crippen molar-refractivity contribution >= 4 is 63.5 Å². The summed E-state index contributed by atoms with van der Waals surface area (Å²) >= 11 is 8.59. The lowest BCUT2D eigenvalue weighted by Gasteiger charge is -2.29. The Balaban J connectivity index is 1.74. The first-order chi connectivity index (χ1) is 15.5. The third-order valence-corrected chi connectivity index (χ3v) is 7.72. The van der Waals surface area contributed by atoms with Gasteiger partial charge in [-0.3, -0.25) is 18.9 Å². The number of fused-ring (bicyclic) bond motifs is 1. The minimum absolute atomic E-state index is 0.162. The third-order valence-electron chi connectivity index (χ3n) is 5.40. The monoisotopic (exact) mass is 490 g/mol. The first-order valence-electron chi connectivity index (χ1n) is 10.7. The van der Waals surface area contributed by atoms with Gasteiger partial charge in [-0.15, -0.1) is 0 Å². The van der Waals surface area contributed by atoms with Crippen LogP contribution >= 0.6 is 35.7 Å². The largest absolute Gasteiger partial charge is 0.382 e. The van der Waals surface area contributed by atoms with Crippen LogP contribution in [0, 0.1) is 6.92 Å². The highest BCUT2D eigenvalue weighted by atomic mass is 32.2. The smallest absolute Gasteiger partial charge is 0.267 e. The van der Waals surface area contributed by atoms with Gasteiger partial charge < -0.3 is 9.64 Å². The van der Waals surface area contributed by atoms with Crippen LogP contribution in [0.15, 0.2) is 28.0 Å². The van der Waals surface area contributed by atoms with Gasteiger partial charge in [0, 0.05) is 50.6 Å². The van der Waals surface area contributed by atoms with E-state index in [1.165, 1.54) is 11.8 Å². The zero-order valence-electron chi connectivity index (χ0n) is 18.2. The average Bonchev–Trinajstić information content (AvgIpc) is 3.06. The molecule has 2 fully saturated rings. The Kier molecular flexibility index (Phi) is 7.55. The van der Waals surface area contributed by atoms with Gasteiger partial charge >= 0.3 is 0 Å². The van der Waals surface area contributed by atoms with E-state index in [-0.39, 0.29) is 11.5 Å². The minimum Gasteiger partial charge on any atom is -0.382 e. The van der Waals surface area contributed by atoms with E-state index in [1.807, 2.05) is 37.7 Å². The normalized spacial score (nSPS) is 18.4. The molecule has 0 aliphatic carbocycles. The number of aryl methyl sites for hydroxylation is 1. The van der Waals surface area contributed by atoms with Crippen molar-refractivity contribution in [2.24, 2.45) is 0 Å². The second-order valence-corrected chi connectivity index (χ2v) is 10.4. The molecule has 32 heavy (non-hydrogen) atoms. The number of ether oxygens (including phenoxy) is 1. The molecule has 4 heterocycles. The molecule has 0 radical (unpaired) electrons. The maximum absolute atomic E-state index is 13.5. The zero-order valence-corrected chi connectivity index (χ0v) is 20.7. The van der Waals surface area contributed by atoms with Crippen LogP contribution in [0.3, 0.4) is 0 Å². The predicted octanol–water partition coefficient (Wildman–Crippen LogP) is 3.18. The van der Waals surface area contributed by atoms with Crippen molar-refractivity contribution in [3.8, 4) is 0 Å². The highest BCUT2D eigenvalue weighted by Gasteiger charge is 2.32. The van der Waals surface area contributed by atoms with E-state index in [9.17, 15) is 9.59 Å². The Morgan fingerprint density at radius 1 is 1.28 bits per heavy atom. The van der Waals surface area contributed by atoms with Crippen LogP contribution in [-0.4, -0.2) is 68.9 Å². The molecule has 7 nitrogen and oxygen atoms in total. The number of anilines is 1. The van der Waals surface area contributed by atoms with Crippen molar-refractivity contribution in [1.29, 1.82) is 0 Å². The van der Waals surface area contributed by atoms with Crippen molar-refractivity contribution in [3.05, 3.63) is 44.7 Å². The number of pyridine rings is 1. The number of rotatable bonds is 7. The lowest BCUT2D eigenvalue weighted by atomic mass is 10.2. The second-order valence-electron chi connectivity index (χ2n) is 7.52. The van der Waals surface area contributed by atoms with Crippen molar-refractivity contribution < 1.29 is 9.53 Å². The fraction of sp³-hybridized carbons (Fsp3) is 0.455. The quantitative estimate of drug-likeness (QED) is 0.333. The van der Waals surface area contributed by atoms with E-state index in [2.05, 4.69) is 4.90 Å². The van der Waals surface area contributed by atoms with Crippen LogP contribution in [0.4, 0.5) is 5.82 Å². The van der Waals surface area contributed by atoms with Gasteiger partial charge in [-0.2, -0.15) is 11.8 Å². The summed E-state index contributed by atoms with van der Waals surface area (Å²) < 4.78 is 7.45. The average molecular weight is 491 g/mol. The fourth-order valence-corrected chi connectivity index (χ4v) is 5.93. The Hall–Kier alpha value is -1.88. The summed E-state index contributed by atoms with van der Waals surface area (Å²) in [5, 5.41) is 0. The Morgan fingerprint density at radius 2 is 2.06 bits per heavy atom. The SMILES string of the molecule is CCOCCCN1C(=O)/C(=C\c2c(N3CCSCC3)nc3c(C)cccn3c2=O)SC1=S. The van der Waals surface area contributed by atoms with Gasteiger partial charge in [-0.25, -0.2) is 4.98 Å². The fourth-order valence-electron chi connectivity index (χ4n) is 3.74. The van der Waals surface area contributed by atoms with Gasteiger partial charge in [0.25, 0.3) is 11.5 Å². The summed E-state index contributed by atoms with van der Waals surface area (Å²) in [4.78, 5) is 35.7. The third kappa shape index (κ3) is 4.73. The molecule has 2 aromatic heterocycles. The topological polar surface area (TPSA) is 67.2 Å². The number of nitrogens with zero attached hydrogens (tertiary/aromatic N) is 4. The van der Waals surface area contributed by atoms with Crippen molar-refractivity contribution in [2.45, 2.75) is 20.3 Å². The zero-order chi connectivity index (χ0) is 22.7. The molecule has 170 valence electrons. The summed E-state index contributed by atoms with van der Waals surface area (Å²) in [6.07, 6.45) is 4.12. The van der Waals surface area contributed by atoms with E-state index in [1.54, 1.807) is 21.6 Å². The standard InChI is InChI=1S/C22H26N4O3S3/c1-3-29-11-5-8-26-21(28)17(32-22(26)30)14-16-19(24-9-12-31-13-10-24)23-18-15(2)6-4-7-25(18)20(16)27/h4,6-7,14H,3,5,8-13H2,1-2H3/b17-14+. The molecule has 0 aromatic carbocycles. The van der Waals surface area contributed by atoms with Gasteiger partial charge in [0.15, 0.2) is 0 Å². The number of thiocarbonyl (C=S) groups is 1. The van der Waals surface area contributed by atoms with Crippen LogP contribution in [0.2, 0.25) is 0 Å². The molecule has 0 unspecified atom stereocenters. The van der Waals surface area contributed by atoms with Gasteiger partial charge in [0.2, 0.25) is 0 Å². The van der Waals surface area contributed by atoms with E-state index >= 15 is 0 Å². The molecule has 0 saturated carbocycles. The van der Waals surface area contributed by atoms with Gasteiger partial charge in [0.05, 0.1) is 10.5 Å². The maximum atomic E-state index is 13.5.